The molecule has 3 fully saturated rings. The van der Waals surface area contributed by atoms with Crippen LogP contribution < -0.4 is 0 Å². The van der Waals surface area contributed by atoms with E-state index in [0.717, 1.165) is 30.7 Å². The lowest BCUT2D eigenvalue weighted by Crippen LogP contribution is -2.74. The van der Waals surface area contributed by atoms with Crippen LogP contribution in [-0.4, -0.2) is 28.0 Å². The minimum absolute atomic E-state index is 0.00927. The first kappa shape index (κ1) is 20.6. The molecule has 1 aromatic carbocycles. The highest BCUT2D eigenvalue weighted by Crippen LogP contribution is 2.44. The lowest BCUT2D eigenvalue weighted by atomic mass is 9.68. The molecule has 2 saturated carbocycles. The van der Waals surface area contributed by atoms with Gasteiger partial charge in [-0.25, -0.2) is 4.39 Å². The van der Waals surface area contributed by atoms with Gasteiger partial charge in [0.2, 0.25) is 0 Å². The number of carbonyl (C=O) groups is 1. The van der Waals surface area contributed by atoms with Crippen LogP contribution in [0, 0.1) is 23.6 Å². The summed E-state index contributed by atoms with van der Waals surface area (Å²) in [5.41, 5.74) is -1.84. The smallest absolute Gasteiger partial charge is 0.272 e. The van der Waals surface area contributed by atoms with E-state index in [9.17, 15) is 22.4 Å². The van der Waals surface area contributed by atoms with E-state index in [4.69, 9.17) is 0 Å². The van der Waals surface area contributed by atoms with E-state index < -0.39 is 23.1 Å². The highest BCUT2D eigenvalue weighted by atomic mass is 19.4. The molecule has 1 aliphatic heterocycles. The van der Waals surface area contributed by atoms with Crippen molar-refractivity contribution in [3.63, 3.8) is 0 Å². The number of benzene rings is 1. The van der Waals surface area contributed by atoms with E-state index in [2.05, 4.69) is 0 Å². The van der Waals surface area contributed by atoms with Crippen LogP contribution in [0.25, 0.3) is 0 Å². The number of alkyl halides is 3. The summed E-state index contributed by atoms with van der Waals surface area (Å²) in [6, 6.07) is 2.77. The van der Waals surface area contributed by atoms with Crippen LogP contribution >= 0.6 is 0 Å². The Kier molecular flexibility index (Phi) is 5.16. The van der Waals surface area contributed by atoms with E-state index in [-0.39, 0.29) is 18.0 Å². The summed E-state index contributed by atoms with van der Waals surface area (Å²) in [7, 11) is 0. The van der Waals surface area contributed by atoms with Gasteiger partial charge in [-0.05, 0) is 68.6 Å². The highest BCUT2D eigenvalue weighted by molar-refractivity contribution is 5.90. The van der Waals surface area contributed by atoms with E-state index in [1.807, 2.05) is 0 Å². The quantitative estimate of drug-likeness (QED) is 0.619. The van der Waals surface area contributed by atoms with Gasteiger partial charge in [0.15, 0.2) is 0 Å². The van der Waals surface area contributed by atoms with Gasteiger partial charge in [-0.15, -0.1) is 0 Å². The average molecular weight is 412 g/mol. The summed E-state index contributed by atoms with van der Waals surface area (Å²) in [5, 5.41) is 3.36. The fourth-order valence-corrected chi connectivity index (χ4v) is 5.63. The molecule has 29 heavy (non-hydrogen) atoms. The molecule has 3 aliphatic rings. The second-order valence-corrected chi connectivity index (χ2v) is 9.54. The van der Waals surface area contributed by atoms with Crippen molar-refractivity contribution in [3.8, 4) is 0 Å². The van der Waals surface area contributed by atoms with Gasteiger partial charge in [-0.1, -0.05) is 25.3 Å². The maximum Gasteiger partial charge on any atom is 0.416 e. The Morgan fingerprint density at radius 3 is 2.38 bits per heavy atom. The van der Waals surface area contributed by atoms with Crippen LogP contribution in [0.15, 0.2) is 18.2 Å². The van der Waals surface area contributed by atoms with E-state index in [0.29, 0.717) is 18.5 Å². The number of rotatable bonds is 4. The second-order valence-electron chi connectivity index (χ2n) is 9.54. The van der Waals surface area contributed by atoms with E-state index in [1.54, 1.807) is 23.9 Å². The SMILES string of the molecule is CC1(C)C(=O)N(CC2CC3CCCC(C3)C2)N1Cc1ccc(F)cc1C(F)(F)F. The number of nitrogens with zero attached hydrogens (tertiary/aromatic N) is 2. The minimum atomic E-state index is -4.64. The molecular weight excluding hydrogens is 384 g/mol. The Labute approximate surface area is 169 Å². The molecule has 1 heterocycles. The molecule has 1 saturated heterocycles. The molecule has 2 atom stereocenters. The summed E-state index contributed by atoms with van der Waals surface area (Å²) in [5.74, 6) is 0.880. The van der Waals surface area contributed by atoms with Crippen molar-refractivity contribution in [1.29, 1.82) is 0 Å². The normalized spacial score (nSPS) is 29.7. The maximum absolute atomic E-state index is 13.4. The van der Waals surface area contributed by atoms with Crippen molar-refractivity contribution in [2.75, 3.05) is 6.54 Å². The van der Waals surface area contributed by atoms with Gasteiger partial charge in [0.1, 0.15) is 11.4 Å². The first-order chi connectivity index (χ1) is 13.6. The van der Waals surface area contributed by atoms with Crippen molar-refractivity contribution in [1.82, 2.24) is 10.0 Å². The van der Waals surface area contributed by atoms with Gasteiger partial charge in [0.25, 0.3) is 5.91 Å². The Bertz CT molecular complexity index is 780. The van der Waals surface area contributed by atoms with Crippen LogP contribution in [0.4, 0.5) is 17.6 Å². The molecule has 2 aliphatic carbocycles. The van der Waals surface area contributed by atoms with Crippen molar-refractivity contribution < 1.29 is 22.4 Å². The number of halogens is 4. The van der Waals surface area contributed by atoms with Crippen molar-refractivity contribution >= 4 is 5.91 Å². The Hall–Kier alpha value is -1.63. The molecule has 4 rings (SSSR count). The molecule has 7 heteroatoms. The maximum atomic E-state index is 13.4. The summed E-state index contributed by atoms with van der Waals surface area (Å²) in [6.45, 7) is 3.97. The lowest BCUT2D eigenvalue weighted by Gasteiger charge is -2.57. The average Bonchev–Trinajstić information content (AvgIpc) is 2.64. The summed E-state index contributed by atoms with van der Waals surface area (Å²) >= 11 is 0. The molecule has 1 aromatic rings. The van der Waals surface area contributed by atoms with Crippen LogP contribution in [-0.2, 0) is 17.5 Å². The van der Waals surface area contributed by atoms with Gasteiger partial charge < -0.3 is 0 Å². The number of carbonyl (C=O) groups excluding carboxylic acids is 1. The van der Waals surface area contributed by atoms with Crippen LogP contribution in [0.5, 0.6) is 0 Å². The lowest BCUT2D eigenvalue weighted by molar-refractivity contribution is -0.222. The fourth-order valence-electron chi connectivity index (χ4n) is 5.63. The molecular formula is C22H28F4N2O. The van der Waals surface area contributed by atoms with Crippen LogP contribution in [0.2, 0.25) is 0 Å². The molecule has 0 aromatic heterocycles. The topological polar surface area (TPSA) is 23.6 Å². The molecule has 0 radical (unpaired) electrons. The summed E-state index contributed by atoms with van der Waals surface area (Å²) < 4.78 is 53.7. The highest BCUT2D eigenvalue weighted by Gasteiger charge is 2.53. The third-order valence-electron chi connectivity index (χ3n) is 7.05. The zero-order valence-electron chi connectivity index (χ0n) is 16.9. The number of hydrogen-bond donors (Lipinski definition) is 0. The van der Waals surface area contributed by atoms with E-state index in [1.165, 1.54) is 31.7 Å². The van der Waals surface area contributed by atoms with Crippen molar-refractivity contribution in [2.45, 2.75) is 70.6 Å². The van der Waals surface area contributed by atoms with Gasteiger partial charge in [-0.2, -0.15) is 18.2 Å². The number of hydrogen-bond acceptors (Lipinski definition) is 2. The summed E-state index contributed by atoms with van der Waals surface area (Å²) in [6.07, 6.45) is 2.63. The largest absolute Gasteiger partial charge is 0.416 e. The van der Waals surface area contributed by atoms with Crippen molar-refractivity contribution in [3.05, 3.63) is 35.1 Å². The first-order valence-corrected chi connectivity index (χ1v) is 10.5. The third-order valence-corrected chi connectivity index (χ3v) is 7.05. The van der Waals surface area contributed by atoms with Gasteiger partial charge in [-0.3, -0.25) is 9.80 Å². The first-order valence-electron chi connectivity index (χ1n) is 10.5. The van der Waals surface area contributed by atoms with E-state index >= 15 is 0 Å². The Balaban J connectivity index is 1.52. The van der Waals surface area contributed by atoms with Gasteiger partial charge in [0, 0.05) is 13.1 Å². The zero-order valence-corrected chi connectivity index (χ0v) is 16.9. The van der Waals surface area contributed by atoms with Crippen LogP contribution in [0.3, 0.4) is 0 Å². The summed E-state index contributed by atoms with van der Waals surface area (Å²) in [4.78, 5) is 12.7. The molecule has 0 N–H and O–H groups in total. The standard InChI is InChI=1S/C22H28F4N2O/c1-21(2)20(29)27(12-16-9-14-4-3-5-15(8-14)10-16)28(21)13-17-6-7-18(23)11-19(17)22(24,25)26/h6-7,11,14-16H,3-5,8-10,12-13H2,1-2H3. The Morgan fingerprint density at radius 2 is 1.76 bits per heavy atom. The number of fused-ring (bicyclic) bond motifs is 2. The predicted molar refractivity (Wildman–Crippen MR) is 101 cm³/mol. The minimum Gasteiger partial charge on any atom is -0.272 e. The van der Waals surface area contributed by atoms with Gasteiger partial charge in [0.05, 0.1) is 5.56 Å². The molecule has 0 spiro atoms. The Morgan fingerprint density at radius 1 is 1.10 bits per heavy atom. The van der Waals surface area contributed by atoms with Crippen LogP contribution in [0.1, 0.15) is 63.5 Å². The third kappa shape index (κ3) is 3.90. The molecule has 3 nitrogen and oxygen atoms in total. The molecule has 160 valence electrons. The fraction of sp³-hybridized carbons (Fsp3) is 0.682. The monoisotopic (exact) mass is 412 g/mol. The molecule has 2 unspecified atom stereocenters. The van der Waals surface area contributed by atoms with Crippen molar-refractivity contribution in [2.24, 2.45) is 17.8 Å². The van der Waals surface area contributed by atoms with Gasteiger partial charge >= 0.3 is 6.18 Å². The molecule has 2 bridgehead atoms. The number of amides is 1. The number of hydrazine groups is 1. The zero-order chi connectivity index (χ0) is 21.0. The predicted octanol–water partition coefficient (Wildman–Crippen LogP) is 5.40. The molecule has 1 amide bonds. The second kappa shape index (κ2) is 7.25.